The van der Waals surface area contributed by atoms with Gasteiger partial charge in [-0.2, -0.15) is 0 Å². The highest BCUT2D eigenvalue weighted by molar-refractivity contribution is 6.32. The van der Waals surface area contributed by atoms with Crippen molar-refractivity contribution >= 4 is 40.9 Å². The summed E-state index contributed by atoms with van der Waals surface area (Å²) in [5, 5.41) is 3.02. The van der Waals surface area contributed by atoms with Crippen LogP contribution in [0.3, 0.4) is 0 Å². The average Bonchev–Trinajstić information content (AvgIpc) is 2.55. The molecule has 0 fully saturated rings. The van der Waals surface area contributed by atoms with E-state index in [1.54, 1.807) is 12.1 Å². The van der Waals surface area contributed by atoms with E-state index in [1.807, 2.05) is 0 Å². The van der Waals surface area contributed by atoms with Gasteiger partial charge in [-0.1, -0.05) is 23.2 Å². The van der Waals surface area contributed by atoms with Crippen molar-refractivity contribution in [3.63, 3.8) is 0 Å². The second-order valence-electron chi connectivity index (χ2n) is 4.68. The predicted octanol–water partition coefficient (Wildman–Crippen LogP) is 4.80. The largest absolute Gasteiger partial charge is 0.493 e. The minimum atomic E-state index is -0.613. The zero-order chi connectivity index (χ0) is 17.7. The highest BCUT2D eigenvalue weighted by atomic mass is 35.5. The van der Waals surface area contributed by atoms with Gasteiger partial charge in [-0.15, -0.1) is 0 Å². The lowest BCUT2D eigenvalue weighted by Gasteiger charge is -2.10. The molecule has 0 heterocycles. The van der Waals surface area contributed by atoms with E-state index in [0.717, 1.165) is 6.07 Å². The van der Waals surface area contributed by atoms with E-state index in [9.17, 15) is 9.18 Å². The van der Waals surface area contributed by atoms with Gasteiger partial charge in [-0.3, -0.25) is 4.79 Å². The molecule has 0 aromatic heterocycles. The van der Waals surface area contributed by atoms with Crippen molar-refractivity contribution in [2.24, 2.45) is 0 Å². The van der Waals surface area contributed by atoms with Crippen molar-refractivity contribution in [3.05, 3.63) is 57.8 Å². The van der Waals surface area contributed by atoms with Gasteiger partial charge in [0.1, 0.15) is 5.82 Å². The molecule has 24 heavy (non-hydrogen) atoms. The molecule has 2 aromatic carbocycles. The summed E-state index contributed by atoms with van der Waals surface area (Å²) < 4.78 is 24.0. The van der Waals surface area contributed by atoms with Gasteiger partial charge < -0.3 is 14.8 Å². The van der Waals surface area contributed by atoms with E-state index in [4.69, 9.17) is 32.7 Å². The SMILES string of the molecule is COc1cc(/C=C/C(=O)Nc2ccc(Cl)cc2F)cc(Cl)c1OC. The van der Waals surface area contributed by atoms with Gasteiger partial charge in [0.2, 0.25) is 5.91 Å². The van der Waals surface area contributed by atoms with Crippen molar-refractivity contribution in [3.8, 4) is 11.5 Å². The molecule has 4 nitrogen and oxygen atoms in total. The number of amides is 1. The number of carbonyl (C=O) groups is 1. The van der Waals surface area contributed by atoms with Crippen molar-refractivity contribution in [1.82, 2.24) is 0 Å². The van der Waals surface area contributed by atoms with Crippen LogP contribution in [0.1, 0.15) is 5.56 Å². The number of hydrogen-bond acceptors (Lipinski definition) is 3. The third kappa shape index (κ3) is 4.40. The summed E-state index contributed by atoms with van der Waals surface area (Å²) in [4.78, 5) is 11.9. The molecular formula is C17H14Cl2FNO3. The number of carbonyl (C=O) groups excluding carboxylic acids is 1. The Morgan fingerprint density at radius 2 is 1.92 bits per heavy atom. The lowest BCUT2D eigenvalue weighted by Crippen LogP contribution is -2.09. The molecule has 2 rings (SSSR count). The Balaban J connectivity index is 2.15. The summed E-state index contributed by atoms with van der Waals surface area (Å²) >= 11 is 11.8. The first-order valence-electron chi connectivity index (χ1n) is 6.80. The normalized spacial score (nSPS) is 10.7. The Labute approximate surface area is 148 Å². The maximum Gasteiger partial charge on any atom is 0.248 e. The summed E-state index contributed by atoms with van der Waals surface area (Å²) in [7, 11) is 2.96. The number of ether oxygens (including phenoxy) is 2. The first-order valence-corrected chi connectivity index (χ1v) is 7.56. The van der Waals surface area contributed by atoms with Crippen LogP contribution in [0.25, 0.3) is 6.08 Å². The molecule has 1 N–H and O–H groups in total. The number of anilines is 1. The molecule has 0 aliphatic carbocycles. The molecule has 0 bridgehead atoms. The van der Waals surface area contributed by atoms with Gasteiger partial charge in [0.15, 0.2) is 11.5 Å². The quantitative estimate of drug-likeness (QED) is 0.769. The van der Waals surface area contributed by atoms with E-state index in [-0.39, 0.29) is 10.7 Å². The fraction of sp³-hybridized carbons (Fsp3) is 0.118. The van der Waals surface area contributed by atoms with Gasteiger partial charge in [-0.25, -0.2) is 4.39 Å². The molecule has 7 heteroatoms. The molecule has 0 aliphatic rings. The predicted molar refractivity (Wildman–Crippen MR) is 93.6 cm³/mol. The number of benzene rings is 2. The summed E-state index contributed by atoms with van der Waals surface area (Å²) in [5.74, 6) is -0.265. The van der Waals surface area contributed by atoms with Gasteiger partial charge >= 0.3 is 0 Å². The Bertz CT molecular complexity index is 794. The number of rotatable bonds is 5. The van der Waals surface area contributed by atoms with Crippen molar-refractivity contribution in [2.75, 3.05) is 19.5 Å². The maximum absolute atomic E-state index is 13.6. The van der Waals surface area contributed by atoms with Crippen LogP contribution in [0.5, 0.6) is 11.5 Å². The Kier molecular flexibility index (Phi) is 6.06. The third-order valence-corrected chi connectivity index (χ3v) is 3.59. The third-order valence-electron chi connectivity index (χ3n) is 3.07. The second-order valence-corrected chi connectivity index (χ2v) is 5.53. The minimum absolute atomic E-state index is 0.0411. The zero-order valence-corrected chi connectivity index (χ0v) is 14.4. The number of hydrogen-bond donors (Lipinski definition) is 1. The molecule has 0 aliphatic heterocycles. The monoisotopic (exact) mass is 369 g/mol. The number of nitrogens with one attached hydrogen (secondary N) is 1. The van der Waals surface area contributed by atoms with Crippen LogP contribution >= 0.6 is 23.2 Å². The Morgan fingerprint density at radius 1 is 1.17 bits per heavy atom. The van der Waals surface area contributed by atoms with Crippen LogP contribution in [-0.4, -0.2) is 20.1 Å². The van der Waals surface area contributed by atoms with Gasteiger partial charge in [0, 0.05) is 11.1 Å². The molecule has 0 saturated carbocycles. The second kappa shape index (κ2) is 8.04. The zero-order valence-electron chi connectivity index (χ0n) is 12.9. The molecule has 126 valence electrons. The van der Waals surface area contributed by atoms with E-state index < -0.39 is 11.7 Å². The molecule has 0 radical (unpaired) electrons. The van der Waals surface area contributed by atoms with Crippen LogP contribution in [0, 0.1) is 5.82 Å². The summed E-state index contributed by atoms with van der Waals surface area (Å²) in [6, 6.07) is 7.27. The topological polar surface area (TPSA) is 47.6 Å². The van der Waals surface area contributed by atoms with Crippen LogP contribution in [0.4, 0.5) is 10.1 Å². The summed E-state index contributed by atoms with van der Waals surface area (Å²) in [5.41, 5.74) is 0.670. The molecule has 0 unspecified atom stereocenters. The van der Waals surface area contributed by atoms with Gasteiger partial charge in [-0.05, 0) is 42.0 Å². The Morgan fingerprint density at radius 3 is 2.54 bits per heavy atom. The first kappa shape index (κ1) is 18.1. The highest BCUT2D eigenvalue weighted by Crippen LogP contribution is 2.36. The van der Waals surface area contributed by atoms with Crippen LogP contribution in [0.15, 0.2) is 36.4 Å². The molecule has 0 atom stereocenters. The molecule has 2 aromatic rings. The lowest BCUT2D eigenvalue weighted by atomic mass is 10.2. The van der Waals surface area contributed by atoms with E-state index in [2.05, 4.69) is 5.32 Å². The summed E-state index contributed by atoms with van der Waals surface area (Å²) in [6.45, 7) is 0. The maximum atomic E-state index is 13.6. The number of methoxy groups -OCH3 is 2. The molecule has 0 spiro atoms. The molecular weight excluding hydrogens is 356 g/mol. The summed E-state index contributed by atoms with van der Waals surface area (Å²) in [6.07, 6.45) is 2.78. The Hall–Kier alpha value is -2.24. The van der Waals surface area contributed by atoms with Crippen molar-refractivity contribution < 1.29 is 18.7 Å². The van der Waals surface area contributed by atoms with Gasteiger partial charge in [0.25, 0.3) is 0 Å². The first-order chi connectivity index (χ1) is 11.4. The van der Waals surface area contributed by atoms with Crippen LogP contribution in [-0.2, 0) is 4.79 Å². The molecule has 1 amide bonds. The average molecular weight is 370 g/mol. The lowest BCUT2D eigenvalue weighted by molar-refractivity contribution is -0.111. The van der Waals surface area contributed by atoms with Gasteiger partial charge in [0.05, 0.1) is 24.9 Å². The molecule has 0 saturated heterocycles. The van der Waals surface area contributed by atoms with Crippen LogP contribution in [0.2, 0.25) is 10.0 Å². The van der Waals surface area contributed by atoms with Crippen molar-refractivity contribution in [2.45, 2.75) is 0 Å². The van der Waals surface area contributed by atoms with Crippen LogP contribution < -0.4 is 14.8 Å². The fourth-order valence-electron chi connectivity index (χ4n) is 1.97. The minimum Gasteiger partial charge on any atom is -0.493 e. The smallest absolute Gasteiger partial charge is 0.248 e. The van der Waals surface area contributed by atoms with Crippen molar-refractivity contribution in [1.29, 1.82) is 0 Å². The van der Waals surface area contributed by atoms with E-state index >= 15 is 0 Å². The van der Waals surface area contributed by atoms with E-state index in [0.29, 0.717) is 22.1 Å². The fourth-order valence-corrected chi connectivity index (χ4v) is 2.43. The van der Waals surface area contributed by atoms with E-state index in [1.165, 1.54) is 38.5 Å². The highest BCUT2D eigenvalue weighted by Gasteiger charge is 2.10. The number of halogens is 3. The standard InChI is InChI=1S/C17H14Cl2FNO3/c1-23-15-8-10(7-12(19)17(15)24-2)3-6-16(22)21-14-5-4-11(18)9-13(14)20/h3-9H,1-2H3,(H,21,22)/b6-3+.